The number of phenols is 2. The molecule has 2 aliphatic rings. The third-order valence-electron chi connectivity index (χ3n) is 4.16. The highest BCUT2D eigenvalue weighted by atomic mass is 16.6. The lowest BCUT2D eigenvalue weighted by molar-refractivity contribution is -0.162. The van der Waals surface area contributed by atoms with Gasteiger partial charge in [-0.25, -0.2) is 9.59 Å². The van der Waals surface area contributed by atoms with E-state index >= 15 is 0 Å². The minimum atomic E-state index is -1.73. The number of aromatic hydroxyl groups is 2. The van der Waals surface area contributed by atoms with E-state index < -0.39 is 35.9 Å². The van der Waals surface area contributed by atoms with E-state index in [2.05, 4.69) is 0 Å². The smallest absolute Gasteiger partial charge is 0.338 e. The molecule has 0 unspecified atom stereocenters. The number of esters is 2. The lowest BCUT2D eigenvalue weighted by Gasteiger charge is -2.32. The molecule has 1 aliphatic heterocycles. The number of rotatable bonds is 3. The zero-order chi connectivity index (χ0) is 17.5. The molecule has 0 radical (unpaired) electrons. The number of phenolic OH excluding ortho intramolecular Hbond substituents is 2. The molecule has 128 valence electrons. The molecule has 1 aliphatic carbocycles. The summed E-state index contributed by atoms with van der Waals surface area (Å²) < 4.78 is 9.96. The van der Waals surface area contributed by atoms with Crippen LogP contribution in [0.25, 0.3) is 6.08 Å². The molecule has 8 heteroatoms. The molecule has 1 aromatic rings. The average molecular weight is 336 g/mol. The molecule has 4 N–H and O–H groups in total. The first-order valence-corrected chi connectivity index (χ1v) is 7.31. The predicted molar refractivity (Wildman–Crippen MR) is 78.8 cm³/mol. The van der Waals surface area contributed by atoms with Crippen LogP contribution in [0.3, 0.4) is 0 Å². The summed E-state index contributed by atoms with van der Waals surface area (Å²) in [6, 6.07) is 4.00. The Kier molecular flexibility index (Phi) is 3.94. The van der Waals surface area contributed by atoms with Gasteiger partial charge in [0.1, 0.15) is 18.3 Å². The van der Waals surface area contributed by atoms with Gasteiger partial charge in [-0.3, -0.25) is 0 Å². The van der Waals surface area contributed by atoms with Crippen LogP contribution in [0.4, 0.5) is 0 Å². The number of benzene rings is 1. The van der Waals surface area contributed by atoms with Crippen LogP contribution in [0.1, 0.15) is 18.4 Å². The minimum absolute atomic E-state index is 0.0241. The molecule has 1 saturated carbocycles. The predicted octanol–water partition coefficient (Wildman–Crippen LogP) is -0.166. The summed E-state index contributed by atoms with van der Waals surface area (Å²) in [6.07, 6.45) is -1.000. The summed E-state index contributed by atoms with van der Waals surface area (Å²) >= 11 is 0. The Bertz CT molecular complexity index is 712. The van der Waals surface area contributed by atoms with Gasteiger partial charge in [0.2, 0.25) is 0 Å². The standard InChI is InChI=1S/C16H16O8/c17-9-3-1-8(5-10(9)18)2-4-13(19)23-11-6-16(22)7-12(14(11)20)24-15(16)21/h1-5,11-12,14,17-18,20,22H,6-7H2/t11-,12-,14-,16+/m1/s1. The zero-order valence-electron chi connectivity index (χ0n) is 12.5. The van der Waals surface area contributed by atoms with E-state index in [1.165, 1.54) is 24.3 Å². The van der Waals surface area contributed by atoms with Crippen molar-refractivity contribution in [2.75, 3.05) is 0 Å². The summed E-state index contributed by atoms with van der Waals surface area (Å²) in [7, 11) is 0. The number of ether oxygens (including phenoxy) is 2. The van der Waals surface area contributed by atoms with Gasteiger partial charge in [0.05, 0.1) is 0 Å². The van der Waals surface area contributed by atoms with Crippen molar-refractivity contribution in [1.82, 2.24) is 0 Å². The molecule has 1 saturated heterocycles. The lowest BCUT2D eigenvalue weighted by atomic mass is 9.82. The SMILES string of the molecule is O=C(C=Cc1ccc(O)c(O)c1)O[C@@H]1C[C@]2(O)C[C@@H](OC2=O)[C@@H]1O. The highest BCUT2D eigenvalue weighted by Gasteiger charge is 2.58. The second kappa shape index (κ2) is 5.81. The van der Waals surface area contributed by atoms with Crippen molar-refractivity contribution in [2.45, 2.75) is 36.8 Å². The van der Waals surface area contributed by atoms with Crippen LogP contribution < -0.4 is 0 Å². The summed E-state index contributed by atoms with van der Waals surface area (Å²) in [6.45, 7) is 0. The molecule has 8 nitrogen and oxygen atoms in total. The Balaban J connectivity index is 1.65. The zero-order valence-corrected chi connectivity index (χ0v) is 12.5. The minimum Gasteiger partial charge on any atom is -0.504 e. The number of carbonyl (C=O) groups excluding carboxylic acids is 2. The van der Waals surface area contributed by atoms with E-state index in [0.717, 1.165) is 6.08 Å². The molecule has 0 spiro atoms. The Morgan fingerprint density at radius 3 is 2.75 bits per heavy atom. The highest BCUT2D eigenvalue weighted by Crippen LogP contribution is 2.39. The maximum Gasteiger partial charge on any atom is 0.338 e. The Hall–Kier alpha value is -2.58. The second-order valence-corrected chi connectivity index (χ2v) is 5.93. The van der Waals surface area contributed by atoms with Gasteiger partial charge in [-0.1, -0.05) is 6.07 Å². The summed E-state index contributed by atoms with van der Waals surface area (Å²) in [5, 5.41) is 38.7. The topological polar surface area (TPSA) is 134 Å². The molecule has 24 heavy (non-hydrogen) atoms. The maximum atomic E-state index is 11.9. The van der Waals surface area contributed by atoms with Gasteiger partial charge < -0.3 is 29.9 Å². The number of aliphatic hydroxyl groups excluding tert-OH is 1. The molecular formula is C16H16O8. The maximum absolute atomic E-state index is 11.9. The summed E-state index contributed by atoms with van der Waals surface area (Å²) in [4.78, 5) is 23.4. The van der Waals surface area contributed by atoms with Crippen LogP contribution in [0.2, 0.25) is 0 Å². The van der Waals surface area contributed by atoms with Crippen LogP contribution in [0.15, 0.2) is 24.3 Å². The monoisotopic (exact) mass is 336 g/mol. The fourth-order valence-electron chi connectivity index (χ4n) is 2.86. The van der Waals surface area contributed by atoms with Crippen molar-refractivity contribution < 1.29 is 39.5 Å². The molecule has 3 rings (SSSR count). The quantitative estimate of drug-likeness (QED) is 0.340. The van der Waals surface area contributed by atoms with Crippen molar-refractivity contribution in [1.29, 1.82) is 0 Å². The van der Waals surface area contributed by atoms with Crippen molar-refractivity contribution in [3.05, 3.63) is 29.8 Å². The molecule has 1 heterocycles. The molecule has 2 fully saturated rings. The van der Waals surface area contributed by atoms with Crippen LogP contribution in [0.5, 0.6) is 11.5 Å². The van der Waals surface area contributed by atoms with Gasteiger partial charge in [0.25, 0.3) is 0 Å². The van der Waals surface area contributed by atoms with E-state index in [-0.39, 0.29) is 24.3 Å². The summed E-state index contributed by atoms with van der Waals surface area (Å²) in [5.41, 5.74) is -1.29. The van der Waals surface area contributed by atoms with E-state index in [4.69, 9.17) is 9.47 Å². The largest absolute Gasteiger partial charge is 0.504 e. The number of carbonyl (C=O) groups is 2. The van der Waals surface area contributed by atoms with Crippen LogP contribution >= 0.6 is 0 Å². The third kappa shape index (κ3) is 2.93. The van der Waals surface area contributed by atoms with Crippen LogP contribution in [-0.4, -0.2) is 56.3 Å². The van der Waals surface area contributed by atoms with Gasteiger partial charge in [-0.15, -0.1) is 0 Å². The fourth-order valence-corrected chi connectivity index (χ4v) is 2.86. The first-order chi connectivity index (χ1) is 11.3. The van der Waals surface area contributed by atoms with Gasteiger partial charge in [-0.05, 0) is 23.8 Å². The van der Waals surface area contributed by atoms with Gasteiger partial charge in [0, 0.05) is 18.9 Å². The number of hydrogen-bond donors (Lipinski definition) is 4. The number of fused-ring (bicyclic) bond motifs is 2. The van der Waals surface area contributed by atoms with Crippen molar-refractivity contribution in [3.63, 3.8) is 0 Å². The Labute approximate surface area is 136 Å². The van der Waals surface area contributed by atoms with Gasteiger partial charge >= 0.3 is 11.9 Å². The lowest BCUT2D eigenvalue weighted by Crippen LogP contribution is -2.50. The highest BCUT2D eigenvalue weighted by molar-refractivity contribution is 5.87. The molecule has 0 amide bonds. The summed E-state index contributed by atoms with van der Waals surface area (Å²) in [5.74, 6) is -2.22. The van der Waals surface area contributed by atoms with Gasteiger partial charge in [0.15, 0.2) is 17.1 Å². The number of aliphatic hydroxyl groups is 2. The van der Waals surface area contributed by atoms with E-state index in [1.807, 2.05) is 0 Å². The molecule has 4 atom stereocenters. The van der Waals surface area contributed by atoms with Crippen LogP contribution in [0, 0.1) is 0 Å². The van der Waals surface area contributed by atoms with Crippen molar-refractivity contribution in [2.24, 2.45) is 0 Å². The van der Waals surface area contributed by atoms with E-state index in [0.29, 0.717) is 5.56 Å². The Morgan fingerprint density at radius 2 is 2.04 bits per heavy atom. The van der Waals surface area contributed by atoms with Gasteiger partial charge in [-0.2, -0.15) is 0 Å². The molecule has 0 aromatic heterocycles. The van der Waals surface area contributed by atoms with Crippen molar-refractivity contribution >= 4 is 18.0 Å². The van der Waals surface area contributed by atoms with E-state index in [1.54, 1.807) is 0 Å². The Morgan fingerprint density at radius 1 is 1.29 bits per heavy atom. The number of hydrogen-bond acceptors (Lipinski definition) is 8. The first kappa shape index (κ1) is 16.3. The van der Waals surface area contributed by atoms with E-state index in [9.17, 15) is 30.0 Å². The average Bonchev–Trinajstić information content (AvgIpc) is 2.78. The van der Waals surface area contributed by atoms with Crippen LogP contribution in [-0.2, 0) is 19.1 Å². The molecular weight excluding hydrogens is 320 g/mol. The fraction of sp³-hybridized carbons (Fsp3) is 0.375. The molecule has 2 bridgehead atoms. The third-order valence-corrected chi connectivity index (χ3v) is 4.16. The second-order valence-electron chi connectivity index (χ2n) is 5.93. The first-order valence-electron chi connectivity index (χ1n) is 7.31. The normalized spacial score (nSPS) is 31.9. The van der Waals surface area contributed by atoms with Crippen molar-refractivity contribution in [3.8, 4) is 11.5 Å². The molecule has 1 aromatic carbocycles.